The van der Waals surface area contributed by atoms with Gasteiger partial charge in [0.1, 0.15) is 11.0 Å². The van der Waals surface area contributed by atoms with Crippen molar-refractivity contribution < 1.29 is 19.4 Å². The van der Waals surface area contributed by atoms with Gasteiger partial charge in [-0.1, -0.05) is 19.9 Å². The molecule has 1 aromatic carbocycles. The van der Waals surface area contributed by atoms with Gasteiger partial charge in [-0.15, -0.1) is 11.8 Å². The molecule has 5 nitrogen and oxygen atoms in total. The molecule has 110 valence electrons. The Kier molecular flexibility index (Phi) is 6.38. The Morgan fingerprint density at radius 2 is 2.10 bits per heavy atom. The number of nitrogens with one attached hydrogen (secondary N) is 1. The van der Waals surface area contributed by atoms with Crippen LogP contribution in [0.5, 0.6) is 5.75 Å². The number of benzene rings is 1. The van der Waals surface area contributed by atoms with Gasteiger partial charge in [-0.2, -0.15) is 0 Å². The van der Waals surface area contributed by atoms with E-state index in [9.17, 15) is 9.59 Å². The third-order valence-corrected chi connectivity index (χ3v) is 4.13. The van der Waals surface area contributed by atoms with E-state index >= 15 is 0 Å². The second-order valence-electron chi connectivity index (χ2n) is 4.59. The minimum Gasteiger partial charge on any atom is -0.497 e. The van der Waals surface area contributed by atoms with E-state index in [0.29, 0.717) is 11.4 Å². The van der Waals surface area contributed by atoms with Crippen molar-refractivity contribution in [1.29, 1.82) is 0 Å². The number of carboxylic acid groups (broad SMARTS) is 1. The second kappa shape index (κ2) is 7.79. The van der Waals surface area contributed by atoms with E-state index < -0.39 is 11.2 Å². The van der Waals surface area contributed by atoms with E-state index in [1.165, 1.54) is 0 Å². The largest absolute Gasteiger partial charge is 0.497 e. The molecule has 20 heavy (non-hydrogen) atoms. The van der Waals surface area contributed by atoms with Crippen molar-refractivity contribution in [2.75, 3.05) is 18.2 Å². The van der Waals surface area contributed by atoms with Crippen molar-refractivity contribution in [3.05, 3.63) is 24.3 Å². The van der Waals surface area contributed by atoms with Crippen LogP contribution in [-0.4, -0.2) is 35.1 Å². The summed E-state index contributed by atoms with van der Waals surface area (Å²) in [5, 5.41) is 11.2. The van der Waals surface area contributed by atoms with Crippen LogP contribution in [0.2, 0.25) is 0 Å². The summed E-state index contributed by atoms with van der Waals surface area (Å²) in [5.74, 6) is -0.385. The number of hydrogen-bond acceptors (Lipinski definition) is 4. The number of anilines is 1. The molecule has 0 aliphatic rings. The quantitative estimate of drug-likeness (QED) is 0.808. The Hall–Kier alpha value is -1.69. The molecule has 0 saturated carbocycles. The topological polar surface area (TPSA) is 75.6 Å². The van der Waals surface area contributed by atoms with Gasteiger partial charge in [0, 0.05) is 11.8 Å². The Balaban J connectivity index is 2.53. The van der Waals surface area contributed by atoms with E-state index in [4.69, 9.17) is 9.84 Å². The van der Waals surface area contributed by atoms with Crippen LogP contribution in [0.15, 0.2) is 24.3 Å². The van der Waals surface area contributed by atoms with E-state index in [1.807, 2.05) is 13.8 Å². The van der Waals surface area contributed by atoms with Gasteiger partial charge < -0.3 is 15.2 Å². The molecule has 1 amide bonds. The van der Waals surface area contributed by atoms with Gasteiger partial charge in [0.25, 0.3) is 0 Å². The molecule has 0 spiro atoms. The third kappa shape index (κ3) is 5.13. The summed E-state index contributed by atoms with van der Waals surface area (Å²) in [6.07, 6.45) is 0. The SMILES string of the molecule is COc1cccc(NC(=O)CSC(C(=O)O)C(C)C)c1. The van der Waals surface area contributed by atoms with Gasteiger partial charge in [-0.3, -0.25) is 9.59 Å². The number of methoxy groups -OCH3 is 1. The average Bonchev–Trinajstić information content (AvgIpc) is 2.38. The third-order valence-electron chi connectivity index (χ3n) is 2.60. The number of thioether (sulfide) groups is 1. The van der Waals surface area contributed by atoms with Crippen LogP contribution in [0.3, 0.4) is 0 Å². The first-order valence-electron chi connectivity index (χ1n) is 6.22. The van der Waals surface area contributed by atoms with E-state index in [2.05, 4.69) is 5.32 Å². The van der Waals surface area contributed by atoms with Crippen molar-refractivity contribution in [3.8, 4) is 5.75 Å². The Morgan fingerprint density at radius 1 is 1.40 bits per heavy atom. The maximum Gasteiger partial charge on any atom is 0.316 e. The molecule has 1 aromatic rings. The molecular weight excluding hydrogens is 278 g/mol. The second-order valence-corrected chi connectivity index (χ2v) is 5.72. The fourth-order valence-corrected chi connectivity index (χ4v) is 2.54. The highest BCUT2D eigenvalue weighted by Crippen LogP contribution is 2.21. The highest BCUT2D eigenvalue weighted by molar-refractivity contribution is 8.01. The van der Waals surface area contributed by atoms with Crippen molar-refractivity contribution in [2.24, 2.45) is 5.92 Å². The number of carboxylic acids is 1. The van der Waals surface area contributed by atoms with E-state index in [1.54, 1.807) is 31.4 Å². The van der Waals surface area contributed by atoms with Crippen LogP contribution in [0.25, 0.3) is 0 Å². The van der Waals surface area contributed by atoms with Gasteiger partial charge in [-0.25, -0.2) is 0 Å². The first kappa shape index (κ1) is 16.4. The van der Waals surface area contributed by atoms with Crippen LogP contribution in [0, 0.1) is 5.92 Å². The monoisotopic (exact) mass is 297 g/mol. The number of rotatable bonds is 7. The maximum atomic E-state index is 11.8. The lowest BCUT2D eigenvalue weighted by Gasteiger charge is -2.15. The summed E-state index contributed by atoms with van der Waals surface area (Å²) in [5.41, 5.74) is 0.631. The molecule has 0 aliphatic heterocycles. The molecular formula is C14H19NO4S. The molecule has 1 atom stereocenters. The minimum absolute atomic E-state index is 0.0258. The fraction of sp³-hybridized carbons (Fsp3) is 0.429. The van der Waals surface area contributed by atoms with Crippen LogP contribution in [0.1, 0.15) is 13.8 Å². The first-order valence-corrected chi connectivity index (χ1v) is 7.27. The highest BCUT2D eigenvalue weighted by atomic mass is 32.2. The van der Waals surface area contributed by atoms with E-state index in [-0.39, 0.29) is 17.6 Å². The molecule has 0 aliphatic carbocycles. The molecule has 0 saturated heterocycles. The lowest BCUT2D eigenvalue weighted by molar-refractivity contribution is -0.137. The van der Waals surface area contributed by atoms with Gasteiger partial charge >= 0.3 is 5.97 Å². The van der Waals surface area contributed by atoms with Crippen LogP contribution >= 0.6 is 11.8 Å². The smallest absolute Gasteiger partial charge is 0.316 e. The van der Waals surface area contributed by atoms with Crippen molar-refractivity contribution >= 4 is 29.3 Å². The number of hydrogen-bond donors (Lipinski definition) is 2. The molecule has 1 rings (SSSR count). The Labute approximate surface area is 122 Å². The number of aliphatic carboxylic acids is 1. The molecule has 0 fully saturated rings. The normalized spacial score (nSPS) is 12.0. The number of carbonyl (C=O) groups is 2. The molecule has 0 radical (unpaired) electrons. The standard InChI is InChI=1S/C14H19NO4S/c1-9(2)13(14(17)18)20-8-12(16)15-10-5-4-6-11(7-10)19-3/h4-7,9,13H,8H2,1-3H3,(H,15,16)(H,17,18). The molecule has 6 heteroatoms. The predicted octanol–water partition coefficient (Wildman–Crippen LogP) is 2.48. The predicted molar refractivity (Wildman–Crippen MR) is 80.3 cm³/mol. The molecule has 0 aromatic heterocycles. The first-order chi connectivity index (χ1) is 9.43. The summed E-state index contributed by atoms with van der Waals surface area (Å²) >= 11 is 1.13. The van der Waals surface area contributed by atoms with Gasteiger partial charge in [0.2, 0.25) is 5.91 Å². The van der Waals surface area contributed by atoms with E-state index in [0.717, 1.165) is 11.8 Å². The minimum atomic E-state index is -0.890. The van der Waals surface area contributed by atoms with Gasteiger partial charge in [0.05, 0.1) is 12.9 Å². The van der Waals surface area contributed by atoms with Crippen molar-refractivity contribution in [1.82, 2.24) is 0 Å². The highest BCUT2D eigenvalue weighted by Gasteiger charge is 2.22. The zero-order valence-electron chi connectivity index (χ0n) is 11.8. The average molecular weight is 297 g/mol. The molecule has 0 heterocycles. The summed E-state index contributed by atoms with van der Waals surface area (Å²) in [7, 11) is 1.55. The summed E-state index contributed by atoms with van der Waals surface area (Å²) in [4.78, 5) is 22.8. The zero-order valence-corrected chi connectivity index (χ0v) is 12.6. The number of amides is 1. The fourth-order valence-electron chi connectivity index (χ4n) is 1.61. The molecule has 2 N–H and O–H groups in total. The maximum absolute atomic E-state index is 11.8. The number of carbonyl (C=O) groups excluding carboxylic acids is 1. The number of ether oxygens (including phenoxy) is 1. The molecule has 1 unspecified atom stereocenters. The van der Waals surface area contributed by atoms with Crippen molar-refractivity contribution in [3.63, 3.8) is 0 Å². The van der Waals surface area contributed by atoms with Crippen LogP contribution < -0.4 is 10.1 Å². The Bertz CT molecular complexity index is 476. The van der Waals surface area contributed by atoms with Crippen molar-refractivity contribution in [2.45, 2.75) is 19.1 Å². The lowest BCUT2D eigenvalue weighted by atomic mass is 10.1. The summed E-state index contributed by atoms with van der Waals surface area (Å²) in [6, 6.07) is 7.02. The van der Waals surface area contributed by atoms with Crippen LogP contribution in [0.4, 0.5) is 5.69 Å². The summed E-state index contributed by atoms with van der Waals surface area (Å²) < 4.78 is 5.06. The van der Waals surface area contributed by atoms with Gasteiger partial charge in [0.15, 0.2) is 0 Å². The zero-order chi connectivity index (χ0) is 15.1. The molecule has 0 bridgehead atoms. The van der Waals surface area contributed by atoms with Gasteiger partial charge in [-0.05, 0) is 18.1 Å². The van der Waals surface area contributed by atoms with Crippen LogP contribution in [-0.2, 0) is 9.59 Å². The summed E-state index contributed by atoms with van der Waals surface area (Å²) in [6.45, 7) is 3.65. The lowest BCUT2D eigenvalue weighted by Crippen LogP contribution is -2.25. The Morgan fingerprint density at radius 3 is 2.65 bits per heavy atom.